The summed E-state index contributed by atoms with van der Waals surface area (Å²) in [6.07, 6.45) is 0. The van der Waals surface area contributed by atoms with Gasteiger partial charge in [0, 0.05) is 22.8 Å². The van der Waals surface area contributed by atoms with Gasteiger partial charge in [-0.2, -0.15) is 0 Å². The average Bonchev–Trinajstić information content (AvgIpc) is 2.36. The van der Waals surface area contributed by atoms with Crippen LogP contribution in [0.2, 0.25) is 0 Å². The van der Waals surface area contributed by atoms with Gasteiger partial charge in [0.05, 0.1) is 0 Å². The quantitative estimate of drug-likeness (QED) is 0.743. The van der Waals surface area contributed by atoms with Crippen LogP contribution in [0.1, 0.15) is 33.3 Å². The van der Waals surface area contributed by atoms with Gasteiger partial charge in [0.25, 0.3) is 0 Å². The highest BCUT2D eigenvalue weighted by molar-refractivity contribution is 8.93. The van der Waals surface area contributed by atoms with E-state index in [0.29, 0.717) is 6.04 Å². The Bertz CT molecular complexity index is 409. The van der Waals surface area contributed by atoms with Crippen LogP contribution in [0, 0.1) is 0 Å². The second-order valence-electron chi connectivity index (χ2n) is 5.02. The molecule has 1 aromatic carbocycles. The molecule has 1 aliphatic rings. The van der Waals surface area contributed by atoms with Gasteiger partial charge in [0.2, 0.25) is 0 Å². The lowest BCUT2D eigenvalue weighted by Crippen LogP contribution is -2.37. The van der Waals surface area contributed by atoms with E-state index >= 15 is 0 Å². The SMILES string of the molecule is Br.C=C(C)N1c2ccccc2C(C)(C)C1C. The van der Waals surface area contributed by atoms with Crippen LogP contribution in [0.3, 0.4) is 0 Å². The number of allylic oxidation sites excluding steroid dienone is 1. The molecule has 0 spiro atoms. The summed E-state index contributed by atoms with van der Waals surface area (Å²) in [6.45, 7) is 13.0. The second-order valence-corrected chi connectivity index (χ2v) is 5.02. The molecule has 0 saturated carbocycles. The summed E-state index contributed by atoms with van der Waals surface area (Å²) in [4.78, 5) is 2.34. The Morgan fingerprint density at radius 2 is 1.88 bits per heavy atom. The molecule has 1 atom stereocenters. The number of para-hydroxylation sites is 1. The molecule has 2 heteroatoms. The van der Waals surface area contributed by atoms with Gasteiger partial charge in [0.1, 0.15) is 0 Å². The maximum atomic E-state index is 4.08. The van der Waals surface area contributed by atoms with E-state index in [4.69, 9.17) is 0 Å². The fourth-order valence-corrected chi connectivity index (χ4v) is 2.52. The maximum Gasteiger partial charge on any atom is 0.0449 e. The van der Waals surface area contributed by atoms with Crippen molar-refractivity contribution in [1.82, 2.24) is 0 Å². The molecule has 88 valence electrons. The van der Waals surface area contributed by atoms with Gasteiger partial charge in [-0.05, 0) is 25.5 Å². The Kier molecular flexibility index (Phi) is 3.53. The standard InChI is InChI=1S/C14H19N.BrH/c1-10(2)15-11(3)14(4,5)12-8-6-7-9-13(12)15;/h6-9,11H,1H2,2-5H3;1H. The largest absolute Gasteiger partial charge is 0.342 e. The molecule has 1 aliphatic heterocycles. The van der Waals surface area contributed by atoms with Crippen LogP contribution >= 0.6 is 17.0 Å². The third-order valence-corrected chi connectivity index (χ3v) is 3.70. The zero-order chi connectivity index (χ0) is 11.2. The lowest BCUT2D eigenvalue weighted by molar-refractivity contribution is 0.455. The van der Waals surface area contributed by atoms with E-state index in [9.17, 15) is 0 Å². The van der Waals surface area contributed by atoms with Gasteiger partial charge in [0.15, 0.2) is 0 Å². The van der Waals surface area contributed by atoms with Crippen molar-refractivity contribution in [3.63, 3.8) is 0 Å². The summed E-state index contributed by atoms with van der Waals surface area (Å²) in [5.74, 6) is 0. The number of nitrogens with zero attached hydrogens (tertiary/aromatic N) is 1. The van der Waals surface area contributed by atoms with Gasteiger partial charge in [-0.15, -0.1) is 17.0 Å². The lowest BCUT2D eigenvalue weighted by atomic mass is 9.81. The summed E-state index contributed by atoms with van der Waals surface area (Å²) in [7, 11) is 0. The fourth-order valence-electron chi connectivity index (χ4n) is 2.52. The summed E-state index contributed by atoms with van der Waals surface area (Å²) in [5.41, 5.74) is 4.08. The highest BCUT2D eigenvalue weighted by atomic mass is 79.9. The highest BCUT2D eigenvalue weighted by Gasteiger charge is 2.41. The van der Waals surface area contributed by atoms with Crippen molar-refractivity contribution in [1.29, 1.82) is 0 Å². The number of hydrogen-bond donors (Lipinski definition) is 0. The van der Waals surface area contributed by atoms with Crippen molar-refractivity contribution >= 4 is 22.7 Å². The molecule has 1 aromatic rings. The molecule has 0 fully saturated rings. The Labute approximate surface area is 109 Å². The van der Waals surface area contributed by atoms with Gasteiger partial charge in [-0.3, -0.25) is 0 Å². The number of anilines is 1. The van der Waals surface area contributed by atoms with Crippen molar-refractivity contribution in [2.45, 2.75) is 39.2 Å². The molecule has 0 radical (unpaired) electrons. The first-order valence-corrected chi connectivity index (χ1v) is 5.50. The van der Waals surface area contributed by atoms with Crippen LogP contribution in [0.25, 0.3) is 0 Å². The lowest BCUT2D eigenvalue weighted by Gasteiger charge is -2.31. The first kappa shape index (κ1) is 13.3. The van der Waals surface area contributed by atoms with Gasteiger partial charge in [-0.1, -0.05) is 38.6 Å². The van der Waals surface area contributed by atoms with E-state index in [-0.39, 0.29) is 22.4 Å². The summed E-state index contributed by atoms with van der Waals surface area (Å²) < 4.78 is 0. The molecular weight excluding hydrogens is 262 g/mol. The molecule has 0 saturated heterocycles. The number of rotatable bonds is 1. The molecule has 0 aliphatic carbocycles. The minimum Gasteiger partial charge on any atom is -0.342 e. The molecule has 0 aromatic heterocycles. The molecule has 1 heterocycles. The van der Waals surface area contributed by atoms with Crippen LogP contribution in [-0.4, -0.2) is 6.04 Å². The van der Waals surface area contributed by atoms with Crippen LogP contribution in [0.5, 0.6) is 0 Å². The molecule has 0 N–H and O–H groups in total. The van der Waals surface area contributed by atoms with Crippen LogP contribution in [0.4, 0.5) is 5.69 Å². The second kappa shape index (κ2) is 4.25. The molecule has 0 bridgehead atoms. The van der Waals surface area contributed by atoms with Gasteiger partial charge in [-0.25, -0.2) is 0 Å². The number of benzene rings is 1. The molecule has 16 heavy (non-hydrogen) atoms. The number of fused-ring (bicyclic) bond motifs is 1. The summed E-state index contributed by atoms with van der Waals surface area (Å²) in [6, 6.07) is 9.12. The zero-order valence-corrected chi connectivity index (χ0v) is 12.2. The van der Waals surface area contributed by atoms with E-state index in [0.717, 1.165) is 5.70 Å². The summed E-state index contributed by atoms with van der Waals surface area (Å²) in [5, 5.41) is 0. The molecule has 1 unspecified atom stereocenters. The van der Waals surface area contributed by atoms with Gasteiger partial charge >= 0.3 is 0 Å². The van der Waals surface area contributed by atoms with Crippen LogP contribution in [-0.2, 0) is 5.41 Å². The van der Waals surface area contributed by atoms with Crippen LogP contribution in [0.15, 0.2) is 36.5 Å². The van der Waals surface area contributed by atoms with Crippen molar-refractivity contribution in [2.75, 3.05) is 4.90 Å². The highest BCUT2D eigenvalue weighted by Crippen LogP contribution is 2.46. The maximum absolute atomic E-state index is 4.08. The third-order valence-electron chi connectivity index (χ3n) is 3.70. The minimum absolute atomic E-state index is 0. The molecular formula is C14H20BrN. The minimum atomic E-state index is 0. The third kappa shape index (κ3) is 1.69. The summed E-state index contributed by atoms with van der Waals surface area (Å²) >= 11 is 0. The van der Waals surface area contributed by atoms with Gasteiger partial charge < -0.3 is 4.90 Å². The zero-order valence-electron chi connectivity index (χ0n) is 10.4. The molecule has 2 rings (SSSR count). The Hall–Kier alpha value is -0.760. The first-order valence-electron chi connectivity index (χ1n) is 5.50. The normalized spacial score (nSPS) is 21.2. The van der Waals surface area contributed by atoms with Crippen molar-refractivity contribution < 1.29 is 0 Å². The van der Waals surface area contributed by atoms with Crippen LogP contribution < -0.4 is 4.90 Å². The molecule has 1 nitrogen and oxygen atoms in total. The number of halogens is 1. The van der Waals surface area contributed by atoms with E-state index in [1.807, 2.05) is 0 Å². The first-order chi connectivity index (χ1) is 6.96. The fraction of sp³-hybridized carbons (Fsp3) is 0.429. The Morgan fingerprint density at radius 3 is 2.44 bits per heavy atom. The Balaban J connectivity index is 0.00000128. The van der Waals surface area contributed by atoms with Crippen molar-refractivity contribution in [3.05, 3.63) is 42.1 Å². The monoisotopic (exact) mass is 281 g/mol. The predicted octanol–water partition coefficient (Wildman–Crippen LogP) is 4.28. The average molecular weight is 282 g/mol. The Morgan fingerprint density at radius 1 is 1.31 bits per heavy atom. The van der Waals surface area contributed by atoms with Crippen molar-refractivity contribution in [3.8, 4) is 0 Å². The predicted molar refractivity (Wildman–Crippen MR) is 76.5 cm³/mol. The van der Waals surface area contributed by atoms with Crippen molar-refractivity contribution in [2.24, 2.45) is 0 Å². The van der Waals surface area contributed by atoms with E-state index < -0.39 is 0 Å². The van der Waals surface area contributed by atoms with E-state index in [1.165, 1.54) is 11.3 Å². The topological polar surface area (TPSA) is 3.24 Å². The van der Waals surface area contributed by atoms with E-state index in [2.05, 4.69) is 63.4 Å². The smallest absolute Gasteiger partial charge is 0.0449 e. The van der Waals surface area contributed by atoms with E-state index in [1.54, 1.807) is 0 Å². The number of hydrogen-bond acceptors (Lipinski definition) is 1. The molecule has 0 amide bonds.